The summed E-state index contributed by atoms with van der Waals surface area (Å²) >= 11 is 3.43. The van der Waals surface area contributed by atoms with Crippen LogP contribution in [0.15, 0.2) is 12.2 Å². The van der Waals surface area contributed by atoms with Crippen LogP contribution in [0.3, 0.4) is 0 Å². The molecule has 0 radical (unpaired) electrons. The molecule has 0 heterocycles. The zero-order chi connectivity index (χ0) is 8.01. The minimum atomic E-state index is -0.663. The summed E-state index contributed by atoms with van der Waals surface area (Å²) < 4.78 is 0. The molecule has 0 aromatic rings. The van der Waals surface area contributed by atoms with Crippen molar-refractivity contribution < 1.29 is 9.90 Å². The molecule has 1 N–H and O–H groups in total. The minimum absolute atomic E-state index is 0.162. The van der Waals surface area contributed by atoms with E-state index in [-0.39, 0.29) is 16.7 Å². The summed E-state index contributed by atoms with van der Waals surface area (Å²) in [6.07, 6.45) is 5.19. The molecule has 2 bridgehead atoms. The highest BCUT2D eigenvalue weighted by molar-refractivity contribution is 9.09. The van der Waals surface area contributed by atoms with Crippen LogP contribution < -0.4 is 0 Å². The van der Waals surface area contributed by atoms with E-state index in [9.17, 15) is 4.79 Å². The van der Waals surface area contributed by atoms with Gasteiger partial charge in [0.1, 0.15) is 0 Å². The van der Waals surface area contributed by atoms with Crippen molar-refractivity contribution in [2.45, 2.75) is 11.2 Å². The van der Waals surface area contributed by atoms with Gasteiger partial charge in [0.05, 0.1) is 5.92 Å². The molecule has 2 aliphatic rings. The molecule has 0 saturated heterocycles. The summed E-state index contributed by atoms with van der Waals surface area (Å²) in [6, 6.07) is 0. The molecule has 1 fully saturated rings. The van der Waals surface area contributed by atoms with Crippen LogP contribution in [0.5, 0.6) is 0 Å². The van der Waals surface area contributed by atoms with Crippen molar-refractivity contribution in [1.82, 2.24) is 0 Å². The highest BCUT2D eigenvalue weighted by Crippen LogP contribution is 2.47. The van der Waals surface area contributed by atoms with Gasteiger partial charge in [0.25, 0.3) is 0 Å². The third-order valence-electron chi connectivity index (χ3n) is 2.65. The molecular weight excluding hydrogens is 208 g/mol. The fourth-order valence-corrected chi connectivity index (χ4v) is 3.09. The van der Waals surface area contributed by atoms with E-state index in [0.717, 1.165) is 6.42 Å². The van der Waals surface area contributed by atoms with Gasteiger partial charge in [0, 0.05) is 4.83 Å². The maximum Gasteiger partial charge on any atom is 0.308 e. The van der Waals surface area contributed by atoms with E-state index in [2.05, 4.69) is 22.0 Å². The first kappa shape index (κ1) is 7.35. The molecule has 4 atom stereocenters. The normalized spacial score (nSPS) is 46.6. The van der Waals surface area contributed by atoms with E-state index in [1.165, 1.54) is 0 Å². The number of rotatable bonds is 1. The van der Waals surface area contributed by atoms with Crippen molar-refractivity contribution in [3.8, 4) is 0 Å². The molecular formula is C8H9BrO2. The minimum Gasteiger partial charge on any atom is -0.481 e. The van der Waals surface area contributed by atoms with E-state index >= 15 is 0 Å². The Kier molecular flexibility index (Phi) is 1.56. The number of carboxylic acid groups (broad SMARTS) is 1. The fraction of sp³-hybridized carbons (Fsp3) is 0.625. The van der Waals surface area contributed by atoms with Gasteiger partial charge in [-0.3, -0.25) is 4.79 Å². The zero-order valence-electron chi connectivity index (χ0n) is 5.90. The SMILES string of the molecule is O=C(O)[C@@H]1[C@@H](Br)[C@H]2C=C[C@H]1C2. The Hall–Kier alpha value is -0.310. The number of carboxylic acids is 1. The average molecular weight is 217 g/mol. The second-order valence-electron chi connectivity index (χ2n) is 3.26. The Morgan fingerprint density at radius 1 is 1.45 bits per heavy atom. The third kappa shape index (κ3) is 0.940. The lowest BCUT2D eigenvalue weighted by Gasteiger charge is -2.18. The molecule has 1 saturated carbocycles. The van der Waals surface area contributed by atoms with Crippen LogP contribution in [0.1, 0.15) is 6.42 Å². The Balaban J connectivity index is 2.25. The van der Waals surface area contributed by atoms with Crippen LogP contribution >= 0.6 is 15.9 Å². The Morgan fingerprint density at radius 2 is 2.09 bits per heavy atom. The van der Waals surface area contributed by atoms with E-state index < -0.39 is 5.97 Å². The van der Waals surface area contributed by atoms with Gasteiger partial charge in [-0.15, -0.1) is 0 Å². The number of allylic oxidation sites excluding steroid dienone is 2. The van der Waals surface area contributed by atoms with Crippen molar-refractivity contribution in [2.75, 3.05) is 0 Å². The molecule has 0 aliphatic heterocycles. The molecule has 0 spiro atoms. The first-order valence-electron chi connectivity index (χ1n) is 3.75. The van der Waals surface area contributed by atoms with E-state index in [0.29, 0.717) is 5.92 Å². The number of hydrogen-bond acceptors (Lipinski definition) is 1. The quantitative estimate of drug-likeness (QED) is 0.535. The molecule has 0 amide bonds. The summed E-state index contributed by atoms with van der Waals surface area (Å²) in [7, 11) is 0. The maximum atomic E-state index is 10.7. The summed E-state index contributed by atoms with van der Waals surface area (Å²) in [5.74, 6) is -0.114. The van der Waals surface area contributed by atoms with Gasteiger partial charge in [0.15, 0.2) is 0 Å². The largest absolute Gasteiger partial charge is 0.481 e. The highest BCUT2D eigenvalue weighted by Gasteiger charge is 2.46. The summed E-state index contributed by atoms with van der Waals surface area (Å²) in [5.41, 5.74) is 0. The van der Waals surface area contributed by atoms with Gasteiger partial charge in [-0.25, -0.2) is 0 Å². The number of fused-ring (bicyclic) bond motifs is 2. The summed E-state index contributed by atoms with van der Waals surface area (Å²) in [6.45, 7) is 0. The molecule has 3 heteroatoms. The van der Waals surface area contributed by atoms with Crippen LogP contribution in [0.2, 0.25) is 0 Å². The molecule has 60 valence electrons. The second kappa shape index (κ2) is 2.34. The van der Waals surface area contributed by atoms with Crippen molar-refractivity contribution in [3.63, 3.8) is 0 Å². The zero-order valence-corrected chi connectivity index (χ0v) is 7.49. The molecule has 0 aromatic carbocycles. The van der Waals surface area contributed by atoms with Crippen LogP contribution in [0, 0.1) is 17.8 Å². The van der Waals surface area contributed by atoms with Crippen LogP contribution in [-0.4, -0.2) is 15.9 Å². The summed E-state index contributed by atoms with van der Waals surface area (Å²) in [4.78, 5) is 10.9. The van der Waals surface area contributed by atoms with Gasteiger partial charge in [-0.05, 0) is 18.3 Å². The number of aliphatic carboxylic acids is 1. The fourth-order valence-electron chi connectivity index (χ4n) is 2.08. The standard InChI is InChI=1S/C8H9BrO2/c9-7-5-2-1-4(3-5)6(7)8(10)11/h1-2,4-7H,3H2,(H,10,11)/t4-,5-,6-,7-/m0/s1. The van der Waals surface area contributed by atoms with Gasteiger partial charge in [0.2, 0.25) is 0 Å². The Morgan fingerprint density at radius 3 is 2.45 bits per heavy atom. The Bertz CT molecular complexity index is 224. The molecule has 11 heavy (non-hydrogen) atoms. The van der Waals surface area contributed by atoms with E-state index in [1.54, 1.807) is 0 Å². The predicted octanol–water partition coefficient (Wildman–Crippen LogP) is 1.66. The van der Waals surface area contributed by atoms with Crippen LogP contribution in [0.25, 0.3) is 0 Å². The van der Waals surface area contributed by atoms with Gasteiger partial charge < -0.3 is 5.11 Å². The third-order valence-corrected chi connectivity index (χ3v) is 3.90. The lowest BCUT2D eigenvalue weighted by molar-refractivity contribution is -0.142. The number of carbonyl (C=O) groups is 1. The van der Waals surface area contributed by atoms with Gasteiger partial charge >= 0.3 is 5.97 Å². The lowest BCUT2D eigenvalue weighted by Crippen LogP contribution is -2.27. The van der Waals surface area contributed by atoms with E-state index in [1.807, 2.05) is 6.08 Å². The highest BCUT2D eigenvalue weighted by atomic mass is 79.9. The molecule has 2 rings (SSSR count). The smallest absolute Gasteiger partial charge is 0.308 e. The monoisotopic (exact) mass is 216 g/mol. The Labute approximate surface area is 73.4 Å². The van der Waals surface area contributed by atoms with Gasteiger partial charge in [-0.1, -0.05) is 28.1 Å². The number of alkyl halides is 1. The molecule has 2 nitrogen and oxygen atoms in total. The van der Waals surface area contributed by atoms with Crippen LogP contribution in [-0.2, 0) is 4.79 Å². The second-order valence-corrected chi connectivity index (χ2v) is 4.31. The number of hydrogen-bond donors (Lipinski definition) is 1. The lowest BCUT2D eigenvalue weighted by atomic mass is 9.94. The van der Waals surface area contributed by atoms with Crippen LogP contribution in [0.4, 0.5) is 0 Å². The predicted molar refractivity (Wildman–Crippen MR) is 44.6 cm³/mol. The topological polar surface area (TPSA) is 37.3 Å². The summed E-state index contributed by atoms with van der Waals surface area (Å²) in [5, 5.41) is 8.84. The maximum absolute atomic E-state index is 10.7. The first-order chi connectivity index (χ1) is 5.20. The van der Waals surface area contributed by atoms with Crippen molar-refractivity contribution >= 4 is 21.9 Å². The number of halogens is 1. The molecule has 0 unspecified atom stereocenters. The van der Waals surface area contributed by atoms with Gasteiger partial charge in [-0.2, -0.15) is 0 Å². The van der Waals surface area contributed by atoms with Crippen molar-refractivity contribution in [2.24, 2.45) is 17.8 Å². The average Bonchev–Trinajstić information content (AvgIpc) is 2.44. The van der Waals surface area contributed by atoms with Crippen molar-refractivity contribution in [3.05, 3.63) is 12.2 Å². The first-order valence-corrected chi connectivity index (χ1v) is 4.67. The van der Waals surface area contributed by atoms with Crippen molar-refractivity contribution in [1.29, 1.82) is 0 Å². The molecule has 2 aliphatic carbocycles. The van der Waals surface area contributed by atoms with E-state index in [4.69, 9.17) is 5.11 Å². The molecule has 0 aromatic heterocycles.